The topological polar surface area (TPSA) is 102 Å². The molecule has 7 heteroatoms. The molecule has 0 aliphatic carbocycles. The first-order valence-corrected chi connectivity index (χ1v) is 9.74. The number of aromatic nitrogens is 2. The lowest BCUT2D eigenvalue weighted by atomic mass is 10.0. The van der Waals surface area contributed by atoms with E-state index in [1.165, 1.54) is 22.3 Å². The van der Waals surface area contributed by atoms with Gasteiger partial charge in [0.25, 0.3) is 11.1 Å². The molecule has 0 amide bonds. The Labute approximate surface area is 176 Å². The summed E-state index contributed by atoms with van der Waals surface area (Å²) in [7, 11) is 1.51. The molecule has 0 aliphatic rings. The highest BCUT2D eigenvalue weighted by Crippen LogP contribution is 2.28. The van der Waals surface area contributed by atoms with Crippen molar-refractivity contribution in [2.45, 2.75) is 13.5 Å². The van der Waals surface area contributed by atoms with E-state index in [-0.39, 0.29) is 11.3 Å². The molecule has 2 N–H and O–H groups in total. The lowest BCUT2D eigenvalue weighted by Gasteiger charge is -2.12. The summed E-state index contributed by atoms with van der Waals surface area (Å²) in [6.07, 6.45) is 2.21. The van der Waals surface area contributed by atoms with Crippen molar-refractivity contribution >= 4 is 33.7 Å². The molecule has 0 unspecified atom stereocenters. The van der Waals surface area contributed by atoms with Crippen LogP contribution in [0.2, 0.25) is 0 Å². The Hall–Kier alpha value is -4.13. The molecule has 0 saturated heterocycles. The first-order valence-electron chi connectivity index (χ1n) is 9.74. The number of rotatable bonds is 4. The number of allylic oxidation sites excluding steroid dienone is 1. The van der Waals surface area contributed by atoms with E-state index in [9.17, 15) is 24.6 Å². The Kier molecular flexibility index (Phi) is 4.94. The van der Waals surface area contributed by atoms with Gasteiger partial charge in [-0.3, -0.25) is 14.4 Å². The van der Waals surface area contributed by atoms with Crippen LogP contribution >= 0.6 is 0 Å². The molecule has 0 aliphatic heterocycles. The maximum absolute atomic E-state index is 12.9. The molecular formula is C24H20N2O5. The van der Waals surface area contributed by atoms with Crippen molar-refractivity contribution in [2.24, 2.45) is 7.05 Å². The van der Waals surface area contributed by atoms with Gasteiger partial charge in [-0.05, 0) is 43.3 Å². The van der Waals surface area contributed by atoms with E-state index in [2.05, 4.69) is 0 Å². The summed E-state index contributed by atoms with van der Waals surface area (Å²) in [4.78, 5) is 38.4. The number of aromatic hydroxyl groups is 2. The van der Waals surface area contributed by atoms with Crippen molar-refractivity contribution < 1.29 is 15.0 Å². The second-order valence-corrected chi connectivity index (χ2v) is 7.13. The summed E-state index contributed by atoms with van der Waals surface area (Å²) in [5.41, 5.74) is -0.502. The van der Waals surface area contributed by atoms with Crippen molar-refractivity contribution in [3.63, 3.8) is 0 Å². The fourth-order valence-corrected chi connectivity index (χ4v) is 3.82. The first kappa shape index (κ1) is 20.2. The molecule has 31 heavy (non-hydrogen) atoms. The van der Waals surface area contributed by atoms with Crippen LogP contribution in [-0.4, -0.2) is 25.1 Å². The number of pyridine rings is 2. The predicted molar refractivity (Wildman–Crippen MR) is 120 cm³/mol. The Morgan fingerprint density at radius 1 is 0.903 bits per heavy atom. The standard InChI is InChI=1S/C24H20N2O5/c1-3-26-18-11-7-5-9-15(18)21(28)16(23(26)30)12-13-19(27)20-22(29)14-8-4-6-10-17(14)25(2)24(20)31/h4-13,28-29H,3H2,1-2H3/b13-12+. The second-order valence-electron chi connectivity index (χ2n) is 7.13. The third-order valence-corrected chi connectivity index (χ3v) is 5.42. The van der Waals surface area contributed by atoms with E-state index in [1.54, 1.807) is 55.5 Å². The van der Waals surface area contributed by atoms with E-state index in [0.717, 1.165) is 6.08 Å². The molecule has 4 aromatic rings. The minimum Gasteiger partial charge on any atom is -0.506 e. The van der Waals surface area contributed by atoms with E-state index >= 15 is 0 Å². The Morgan fingerprint density at radius 2 is 1.48 bits per heavy atom. The van der Waals surface area contributed by atoms with E-state index in [4.69, 9.17) is 0 Å². The zero-order valence-electron chi connectivity index (χ0n) is 17.0. The highest BCUT2D eigenvalue weighted by atomic mass is 16.3. The molecule has 0 radical (unpaired) electrons. The highest BCUT2D eigenvalue weighted by molar-refractivity contribution is 6.11. The number of fused-ring (bicyclic) bond motifs is 2. The monoisotopic (exact) mass is 416 g/mol. The van der Waals surface area contributed by atoms with Gasteiger partial charge >= 0.3 is 0 Å². The molecule has 0 atom stereocenters. The average molecular weight is 416 g/mol. The van der Waals surface area contributed by atoms with Crippen molar-refractivity contribution in [3.8, 4) is 11.5 Å². The summed E-state index contributed by atoms with van der Waals surface area (Å²) in [6, 6.07) is 13.6. The number of para-hydroxylation sites is 2. The predicted octanol–water partition coefficient (Wildman–Crippen LogP) is 3.18. The number of carbonyl (C=O) groups is 1. The summed E-state index contributed by atoms with van der Waals surface area (Å²) in [6.45, 7) is 2.18. The molecule has 0 bridgehead atoms. The molecule has 2 aromatic heterocycles. The molecule has 156 valence electrons. The van der Waals surface area contributed by atoms with Crippen molar-refractivity contribution in [1.29, 1.82) is 0 Å². The molecule has 0 fully saturated rings. The minimum atomic E-state index is -0.765. The molecule has 2 heterocycles. The number of benzene rings is 2. The number of carbonyl (C=O) groups excluding carboxylic acids is 1. The van der Waals surface area contributed by atoms with Gasteiger partial charge in [-0.1, -0.05) is 24.3 Å². The summed E-state index contributed by atoms with van der Waals surface area (Å²) >= 11 is 0. The van der Waals surface area contributed by atoms with Crippen LogP contribution in [-0.2, 0) is 13.6 Å². The van der Waals surface area contributed by atoms with E-state index in [1.807, 2.05) is 0 Å². The van der Waals surface area contributed by atoms with Gasteiger partial charge < -0.3 is 19.3 Å². The quantitative estimate of drug-likeness (QED) is 0.393. The van der Waals surface area contributed by atoms with Crippen LogP contribution in [0.5, 0.6) is 11.5 Å². The molecule has 0 saturated carbocycles. The van der Waals surface area contributed by atoms with Gasteiger partial charge in [0.15, 0.2) is 5.78 Å². The Bertz CT molecular complexity index is 1510. The summed E-state index contributed by atoms with van der Waals surface area (Å²) in [5, 5.41) is 22.0. The highest BCUT2D eigenvalue weighted by Gasteiger charge is 2.20. The fraction of sp³-hybridized carbons (Fsp3) is 0.125. The fourth-order valence-electron chi connectivity index (χ4n) is 3.82. The Morgan fingerprint density at radius 3 is 2.13 bits per heavy atom. The van der Waals surface area contributed by atoms with Crippen LogP contribution < -0.4 is 11.1 Å². The minimum absolute atomic E-state index is 0.0639. The zero-order chi connectivity index (χ0) is 22.3. The van der Waals surface area contributed by atoms with Crippen LogP contribution in [0.25, 0.3) is 27.9 Å². The van der Waals surface area contributed by atoms with Gasteiger partial charge in [0.1, 0.15) is 17.1 Å². The summed E-state index contributed by atoms with van der Waals surface area (Å²) < 4.78 is 2.78. The van der Waals surface area contributed by atoms with Crippen LogP contribution in [0.3, 0.4) is 0 Å². The lowest BCUT2D eigenvalue weighted by Crippen LogP contribution is -2.24. The second kappa shape index (κ2) is 7.60. The normalized spacial score (nSPS) is 11.5. The number of hydrogen-bond acceptors (Lipinski definition) is 5. The number of aryl methyl sites for hydroxylation is 2. The van der Waals surface area contributed by atoms with Crippen molar-refractivity contribution in [3.05, 3.63) is 86.4 Å². The lowest BCUT2D eigenvalue weighted by molar-refractivity contribution is 0.104. The molecule has 0 spiro atoms. The van der Waals surface area contributed by atoms with E-state index < -0.39 is 28.2 Å². The smallest absolute Gasteiger partial charge is 0.265 e. The summed E-state index contributed by atoms with van der Waals surface area (Å²) in [5.74, 6) is -1.43. The van der Waals surface area contributed by atoms with Crippen LogP contribution in [0.15, 0.2) is 64.2 Å². The molecule has 4 rings (SSSR count). The molecule has 7 nitrogen and oxygen atoms in total. The van der Waals surface area contributed by atoms with Gasteiger partial charge in [0.2, 0.25) is 0 Å². The van der Waals surface area contributed by atoms with Gasteiger partial charge in [-0.15, -0.1) is 0 Å². The molecule has 2 aromatic carbocycles. The zero-order valence-corrected chi connectivity index (χ0v) is 17.0. The Balaban J connectivity index is 1.88. The average Bonchev–Trinajstić information content (AvgIpc) is 2.78. The third-order valence-electron chi connectivity index (χ3n) is 5.42. The molecular weight excluding hydrogens is 396 g/mol. The van der Waals surface area contributed by atoms with Crippen molar-refractivity contribution in [2.75, 3.05) is 0 Å². The first-order chi connectivity index (χ1) is 14.9. The number of hydrogen-bond donors (Lipinski definition) is 2. The van der Waals surface area contributed by atoms with Crippen LogP contribution in [0, 0.1) is 0 Å². The van der Waals surface area contributed by atoms with Crippen LogP contribution in [0.4, 0.5) is 0 Å². The maximum Gasteiger partial charge on any atom is 0.265 e. The van der Waals surface area contributed by atoms with Gasteiger partial charge in [-0.25, -0.2) is 0 Å². The van der Waals surface area contributed by atoms with Gasteiger partial charge in [0, 0.05) is 24.4 Å². The SMILES string of the molecule is CCn1c(=O)c(/C=C/C(=O)c2c(O)c3ccccc3n(C)c2=O)c(O)c2ccccc21. The van der Waals surface area contributed by atoms with E-state index in [0.29, 0.717) is 28.4 Å². The maximum atomic E-state index is 12.9. The van der Waals surface area contributed by atoms with Gasteiger partial charge in [0.05, 0.1) is 16.6 Å². The van der Waals surface area contributed by atoms with Gasteiger partial charge in [-0.2, -0.15) is 0 Å². The van der Waals surface area contributed by atoms with Crippen LogP contribution in [0.1, 0.15) is 22.8 Å². The number of nitrogens with zero attached hydrogens (tertiary/aromatic N) is 2. The van der Waals surface area contributed by atoms with Crippen molar-refractivity contribution in [1.82, 2.24) is 9.13 Å². The largest absolute Gasteiger partial charge is 0.506 e. The third kappa shape index (κ3) is 3.11. The number of ketones is 1.